The van der Waals surface area contributed by atoms with E-state index in [4.69, 9.17) is 0 Å². The van der Waals surface area contributed by atoms with Crippen LogP contribution >= 0.6 is 0 Å². The SMILES string of the molecule is Cc1cc(C)n(Cc2ccc(C(=O)N/N=C\c3ccc(C(C)C)cc3)cc2)n1. The molecule has 144 valence electrons. The van der Waals surface area contributed by atoms with Gasteiger partial charge < -0.3 is 0 Å². The molecule has 0 aliphatic heterocycles. The summed E-state index contributed by atoms with van der Waals surface area (Å²) in [4.78, 5) is 12.3. The van der Waals surface area contributed by atoms with E-state index in [-0.39, 0.29) is 5.91 Å². The number of carbonyl (C=O) groups is 1. The van der Waals surface area contributed by atoms with Gasteiger partial charge in [0.15, 0.2) is 0 Å². The third-order valence-electron chi connectivity index (χ3n) is 4.63. The molecule has 0 saturated carbocycles. The largest absolute Gasteiger partial charge is 0.271 e. The van der Waals surface area contributed by atoms with Crippen molar-refractivity contribution in [2.24, 2.45) is 5.10 Å². The molecule has 2 aromatic carbocycles. The van der Waals surface area contributed by atoms with Gasteiger partial charge in [0, 0.05) is 11.3 Å². The number of hydrazone groups is 1. The number of carbonyl (C=O) groups excluding carboxylic acids is 1. The van der Waals surface area contributed by atoms with Gasteiger partial charge in [-0.2, -0.15) is 10.2 Å². The molecule has 1 aromatic heterocycles. The van der Waals surface area contributed by atoms with Crippen LogP contribution in [0.4, 0.5) is 0 Å². The molecule has 0 aliphatic rings. The van der Waals surface area contributed by atoms with Crippen LogP contribution in [0, 0.1) is 13.8 Å². The van der Waals surface area contributed by atoms with E-state index in [9.17, 15) is 4.79 Å². The average molecular weight is 374 g/mol. The number of benzene rings is 2. The van der Waals surface area contributed by atoms with Crippen LogP contribution in [0.1, 0.15) is 58.2 Å². The fourth-order valence-electron chi connectivity index (χ4n) is 2.97. The normalized spacial score (nSPS) is 11.3. The summed E-state index contributed by atoms with van der Waals surface area (Å²) in [5.41, 5.74) is 8.60. The van der Waals surface area contributed by atoms with Crippen molar-refractivity contribution in [1.29, 1.82) is 0 Å². The van der Waals surface area contributed by atoms with Crippen molar-refractivity contribution in [3.8, 4) is 0 Å². The number of aromatic nitrogens is 2. The van der Waals surface area contributed by atoms with Crippen LogP contribution in [-0.4, -0.2) is 21.9 Å². The van der Waals surface area contributed by atoms with E-state index < -0.39 is 0 Å². The highest BCUT2D eigenvalue weighted by Crippen LogP contribution is 2.14. The lowest BCUT2D eigenvalue weighted by Crippen LogP contribution is -2.17. The molecule has 28 heavy (non-hydrogen) atoms. The summed E-state index contributed by atoms with van der Waals surface area (Å²) >= 11 is 0. The van der Waals surface area contributed by atoms with Crippen LogP contribution in [0.15, 0.2) is 59.7 Å². The van der Waals surface area contributed by atoms with Crippen LogP contribution in [0.25, 0.3) is 0 Å². The molecular weight excluding hydrogens is 348 g/mol. The Labute approximate surface area is 166 Å². The van der Waals surface area contributed by atoms with Gasteiger partial charge in [-0.3, -0.25) is 9.48 Å². The van der Waals surface area contributed by atoms with Gasteiger partial charge in [-0.05, 0) is 54.7 Å². The highest BCUT2D eigenvalue weighted by Gasteiger charge is 2.06. The third-order valence-corrected chi connectivity index (χ3v) is 4.63. The van der Waals surface area contributed by atoms with Crippen molar-refractivity contribution in [2.75, 3.05) is 0 Å². The summed E-state index contributed by atoms with van der Waals surface area (Å²) in [6, 6.07) is 17.7. The first-order valence-corrected chi connectivity index (χ1v) is 9.46. The van der Waals surface area contributed by atoms with Gasteiger partial charge in [0.05, 0.1) is 18.5 Å². The Balaban J connectivity index is 1.57. The maximum absolute atomic E-state index is 12.3. The van der Waals surface area contributed by atoms with Gasteiger partial charge in [0.2, 0.25) is 0 Å². The summed E-state index contributed by atoms with van der Waals surface area (Å²) in [7, 11) is 0. The molecule has 0 aliphatic carbocycles. The minimum absolute atomic E-state index is 0.229. The predicted octanol–water partition coefficient (Wildman–Crippen LogP) is 4.44. The first kappa shape index (κ1) is 19.5. The molecule has 0 spiro atoms. The van der Waals surface area contributed by atoms with Crippen molar-refractivity contribution in [3.63, 3.8) is 0 Å². The molecule has 0 fully saturated rings. The Hall–Kier alpha value is -3.21. The topological polar surface area (TPSA) is 59.3 Å². The monoisotopic (exact) mass is 374 g/mol. The Morgan fingerprint density at radius 2 is 1.79 bits per heavy atom. The Morgan fingerprint density at radius 1 is 1.11 bits per heavy atom. The maximum Gasteiger partial charge on any atom is 0.271 e. The van der Waals surface area contributed by atoms with E-state index >= 15 is 0 Å². The molecule has 0 saturated heterocycles. The molecule has 0 unspecified atom stereocenters. The number of amides is 1. The molecule has 1 heterocycles. The summed E-state index contributed by atoms with van der Waals surface area (Å²) in [6.07, 6.45) is 1.65. The van der Waals surface area contributed by atoms with Crippen LogP contribution in [0.5, 0.6) is 0 Å². The zero-order valence-electron chi connectivity index (χ0n) is 16.8. The number of nitrogens with zero attached hydrogens (tertiary/aromatic N) is 3. The van der Waals surface area contributed by atoms with E-state index in [0.29, 0.717) is 18.0 Å². The summed E-state index contributed by atoms with van der Waals surface area (Å²) < 4.78 is 1.96. The van der Waals surface area contributed by atoms with Gasteiger partial charge in [0.25, 0.3) is 5.91 Å². The number of rotatable bonds is 6. The van der Waals surface area contributed by atoms with Gasteiger partial charge in [0.1, 0.15) is 0 Å². The van der Waals surface area contributed by atoms with Crippen molar-refractivity contribution in [3.05, 3.63) is 88.2 Å². The highest BCUT2D eigenvalue weighted by molar-refractivity contribution is 5.94. The number of nitrogens with one attached hydrogen (secondary N) is 1. The smallest absolute Gasteiger partial charge is 0.267 e. The van der Waals surface area contributed by atoms with Crippen molar-refractivity contribution < 1.29 is 4.79 Å². The predicted molar refractivity (Wildman–Crippen MR) is 113 cm³/mol. The molecular formula is C23H26N4O. The summed E-state index contributed by atoms with van der Waals surface area (Å²) in [5.74, 6) is 0.266. The molecule has 5 heteroatoms. The van der Waals surface area contributed by atoms with E-state index in [1.165, 1.54) is 5.56 Å². The second kappa shape index (κ2) is 8.65. The lowest BCUT2D eigenvalue weighted by molar-refractivity contribution is 0.0955. The van der Waals surface area contributed by atoms with Crippen LogP contribution in [0.3, 0.4) is 0 Å². The fraction of sp³-hybridized carbons (Fsp3) is 0.261. The quantitative estimate of drug-likeness (QED) is 0.512. The van der Waals surface area contributed by atoms with Gasteiger partial charge in [-0.25, -0.2) is 5.43 Å². The third kappa shape index (κ3) is 4.94. The molecule has 5 nitrogen and oxygen atoms in total. The second-order valence-corrected chi connectivity index (χ2v) is 7.30. The first-order valence-electron chi connectivity index (χ1n) is 9.46. The van der Waals surface area contributed by atoms with Crippen molar-refractivity contribution >= 4 is 12.1 Å². The Morgan fingerprint density at radius 3 is 2.36 bits per heavy atom. The molecule has 0 bridgehead atoms. The molecule has 0 radical (unpaired) electrons. The lowest BCUT2D eigenvalue weighted by Gasteiger charge is -2.06. The van der Waals surface area contributed by atoms with Crippen LogP contribution in [-0.2, 0) is 6.54 Å². The molecule has 1 amide bonds. The highest BCUT2D eigenvalue weighted by atomic mass is 16.2. The Bertz CT molecular complexity index is 967. The van der Waals surface area contributed by atoms with Crippen molar-refractivity contribution in [2.45, 2.75) is 40.2 Å². The van der Waals surface area contributed by atoms with Crippen molar-refractivity contribution in [1.82, 2.24) is 15.2 Å². The molecule has 1 N–H and O–H groups in total. The van der Waals surface area contributed by atoms with E-state index in [2.05, 4.69) is 47.7 Å². The minimum Gasteiger partial charge on any atom is -0.267 e. The minimum atomic E-state index is -0.229. The molecule has 3 rings (SSSR count). The number of hydrogen-bond donors (Lipinski definition) is 1. The molecule has 3 aromatic rings. The number of aryl methyl sites for hydroxylation is 2. The molecule has 0 atom stereocenters. The van der Waals surface area contributed by atoms with Crippen LogP contribution in [0.2, 0.25) is 0 Å². The van der Waals surface area contributed by atoms with Gasteiger partial charge in [-0.15, -0.1) is 0 Å². The first-order chi connectivity index (χ1) is 13.4. The second-order valence-electron chi connectivity index (χ2n) is 7.30. The zero-order chi connectivity index (χ0) is 20.1. The van der Waals surface area contributed by atoms with E-state index in [1.54, 1.807) is 6.21 Å². The Kier molecular flexibility index (Phi) is 6.04. The fourth-order valence-corrected chi connectivity index (χ4v) is 2.97. The maximum atomic E-state index is 12.3. The zero-order valence-corrected chi connectivity index (χ0v) is 16.8. The summed E-state index contributed by atoms with van der Waals surface area (Å²) in [6.45, 7) is 9.02. The lowest BCUT2D eigenvalue weighted by atomic mass is 10.0. The van der Waals surface area contributed by atoms with E-state index in [1.807, 2.05) is 54.9 Å². The average Bonchev–Trinajstić information content (AvgIpc) is 2.99. The summed E-state index contributed by atoms with van der Waals surface area (Å²) in [5, 5.41) is 8.52. The standard InChI is InChI=1S/C23H26N4O/c1-16(2)21-9-5-19(6-10-21)14-24-25-23(28)22-11-7-20(8-12-22)15-27-18(4)13-17(3)26-27/h5-14,16H,15H2,1-4H3,(H,25,28)/b24-14-. The van der Waals surface area contributed by atoms with E-state index in [0.717, 1.165) is 22.5 Å². The van der Waals surface area contributed by atoms with Gasteiger partial charge in [-0.1, -0.05) is 50.2 Å². The van der Waals surface area contributed by atoms with Gasteiger partial charge >= 0.3 is 0 Å². The van der Waals surface area contributed by atoms with Crippen LogP contribution < -0.4 is 5.43 Å². The number of hydrogen-bond acceptors (Lipinski definition) is 3.